The van der Waals surface area contributed by atoms with Crippen molar-refractivity contribution in [1.29, 1.82) is 0 Å². The normalized spacial score (nSPS) is 14.7. The van der Waals surface area contributed by atoms with Crippen LogP contribution in [0.5, 0.6) is 5.75 Å². The molecular formula is C20H27BrN4O2. The van der Waals surface area contributed by atoms with Crippen molar-refractivity contribution in [2.75, 3.05) is 19.7 Å². The zero-order chi connectivity index (χ0) is 19.4. The molecule has 1 aromatic carbocycles. The van der Waals surface area contributed by atoms with E-state index in [1.807, 2.05) is 40.9 Å². The summed E-state index contributed by atoms with van der Waals surface area (Å²) in [7, 11) is 0. The molecule has 0 unspecified atom stereocenters. The molecule has 146 valence electrons. The molecule has 1 aromatic heterocycles. The molecule has 1 fully saturated rings. The Morgan fingerprint density at radius 2 is 2.04 bits per heavy atom. The second kappa shape index (κ2) is 8.89. The van der Waals surface area contributed by atoms with Gasteiger partial charge in [-0.3, -0.25) is 14.9 Å². The van der Waals surface area contributed by atoms with Crippen LogP contribution in [0.1, 0.15) is 48.4 Å². The summed E-state index contributed by atoms with van der Waals surface area (Å²) in [5, 5.41) is 6.48. The first-order chi connectivity index (χ1) is 12.9. The van der Waals surface area contributed by atoms with Crippen molar-refractivity contribution < 1.29 is 9.53 Å². The molecule has 0 saturated carbocycles. The molecule has 0 aliphatic carbocycles. The first kappa shape index (κ1) is 19.9. The summed E-state index contributed by atoms with van der Waals surface area (Å²) < 4.78 is 8.80. The number of hydrogen-bond acceptors (Lipinski definition) is 4. The number of halogens is 1. The number of carbonyl (C=O) groups is 1. The topological polar surface area (TPSA) is 59.4 Å². The van der Waals surface area contributed by atoms with E-state index >= 15 is 0 Å². The van der Waals surface area contributed by atoms with Gasteiger partial charge in [0.15, 0.2) is 5.69 Å². The first-order valence-corrected chi connectivity index (χ1v) is 10.2. The van der Waals surface area contributed by atoms with Gasteiger partial charge in [-0.2, -0.15) is 5.10 Å². The second-order valence-corrected chi connectivity index (χ2v) is 8.34. The highest BCUT2D eigenvalue weighted by Crippen LogP contribution is 2.25. The Balaban J connectivity index is 1.74. The molecule has 0 atom stereocenters. The Labute approximate surface area is 169 Å². The summed E-state index contributed by atoms with van der Waals surface area (Å²) in [5.41, 5.74) is 5.35. The molecule has 0 bridgehead atoms. The van der Waals surface area contributed by atoms with Gasteiger partial charge in [0, 0.05) is 28.8 Å². The molecule has 2 heterocycles. The van der Waals surface area contributed by atoms with Crippen LogP contribution < -0.4 is 10.2 Å². The van der Waals surface area contributed by atoms with Crippen LogP contribution in [0.25, 0.3) is 0 Å². The number of aryl methyl sites for hydroxylation is 1. The maximum atomic E-state index is 12.5. The van der Waals surface area contributed by atoms with Crippen LogP contribution >= 0.6 is 15.9 Å². The van der Waals surface area contributed by atoms with Crippen LogP contribution in [0.15, 0.2) is 28.7 Å². The Morgan fingerprint density at radius 1 is 1.30 bits per heavy atom. The van der Waals surface area contributed by atoms with E-state index < -0.39 is 0 Å². The van der Waals surface area contributed by atoms with E-state index in [1.54, 1.807) is 0 Å². The molecule has 2 aromatic rings. The predicted molar refractivity (Wildman–Crippen MR) is 109 cm³/mol. The van der Waals surface area contributed by atoms with Gasteiger partial charge in [0.1, 0.15) is 5.75 Å². The van der Waals surface area contributed by atoms with Crippen molar-refractivity contribution in [3.05, 3.63) is 45.7 Å². The molecule has 1 amide bonds. The highest BCUT2D eigenvalue weighted by Gasteiger charge is 2.18. The number of ether oxygens (including phenoxy) is 1. The van der Waals surface area contributed by atoms with Crippen molar-refractivity contribution in [1.82, 2.24) is 20.2 Å². The smallest absolute Gasteiger partial charge is 0.286 e. The molecule has 6 nitrogen and oxygen atoms in total. The first-order valence-electron chi connectivity index (χ1n) is 9.44. The fourth-order valence-corrected chi connectivity index (χ4v) is 3.45. The fraction of sp³-hybridized carbons (Fsp3) is 0.500. The van der Waals surface area contributed by atoms with E-state index in [9.17, 15) is 4.79 Å². The van der Waals surface area contributed by atoms with Crippen molar-refractivity contribution in [3.63, 3.8) is 0 Å². The number of benzene rings is 1. The highest BCUT2D eigenvalue weighted by atomic mass is 79.9. The van der Waals surface area contributed by atoms with Crippen LogP contribution in [0.4, 0.5) is 0 Å². The van der Waals surface area contributed by atoms with E-state index in [1.165, 1.54) is 0 Å². The summed E-state index contributed by atoms with van der Waals surface area (Å²) in [6.07, 6.45) is 2.24. The van der Waals surface area contributed by atoms with Crippen LogP contribution in [-0.2, 0) is 6.54 Å². The largest absolute Gasteiger partial charge is 0.493 e. The number of nitrogens with one attached hydrogen (secondary N) is 1. The Hall–Kier alpha value is -1.86. The summed E-state index contributed by atoms with van der Waals surface area (Å²) in [6, 6.07) is 7.82. The summed E-state index contributed by atoms with van der Waals surface area (Å²) in [5.74, 6) is 1.16. The van der Waals surface area contributed by atoms with E-state index in [2.05, 4.69) is 40.3 Å². The van der Waals surface area contributed by atoms with E-state index in [0.29, 0.717) is 24.8 Å². The molecular weight excluding hydrogens is 408 g/mol. The van der Waals surface area contributed by atoms with Gasteiger partial charge >= 0.3 is 0 Å². The molecule has 1 aliphatic rings. The summed E-state index contributed by atoms with van der Waals surface area (Å²) in [4.78, 5) is 12.5. The van der Waals surface area contributed by atoms with E-state index in [0.717, 1.165) is 47.4 Å². The molecule has 7 heteroatoms. The molecule has 1 N–H and O–H groups in total. The molecule has 0 spiro atoms. The van der Waals surface area contributed by atoms with Crippen molar-refractivity contribution >= 4 is 21.8 Å². The van der Waals surface area contributed by atoms with E-state index in [4.69, 9.17) is 4.74 Å². The second-order valence-electron chi connectivity index (χ2n) is 7.42. The highest BCUT2D eigenvalue weighted by molar-refractivity contribution is 9.10. The molecule has 0 radical (unpaired) electrons. The number of rotatable bonds is 7. The Kier molecular flexibility index (Phi) is 6.55. The average molecular weight is 435 g/mol. The quantitative estimate of drug-likeness (QED) is 0.719. The number of amides is 1. The number of hydrazine groups is 1. The number of aromatic nitrogens is 2. The molecule has 27 heavy (non-hydrogen) atoms. The monoisotopic (exact) mass is 434 g/mol. The number of nitrogens with zero attached hydrogens (tertiary/aromatic N) is 3. The number of hydrogen-bond donors (Lipinski definition) is 1. The fourth-order valence-electron chi connectivity index (χ4n) is 3.04. The van der Waals surface area contributed by atoms with Gasteiger partial charge in [-0.1, -0.05) is 29.8 Å². The van der Waals surface area contributed by atoms with Crippen LogP contribution in [0.3, 0.4) is 0 Å². The minimum absolute atomic E-state index is 0.149. The summed E-state index contributed by atoms with van der Waals surface area (Å²) in [6.45, 7) is 9.24. The minimum Gasteiger partial charge on any atom is -0.493 e. The zero-order valence-corrected chi connectivity index (χ0v) is 17.8. The SMILES string of the molecule is Cc1cc(C(=O)NN2CCCC2)nn1Cc1cc(Br)ccc1OCC(C)C. The minimum atomic E-state index is -0.149. The van der Waals surface area contributed by atoms with Crippen molar-refractivity contribution in [2.24, 2.45) is 5.92 Å². The lowest BCUT2D eigenvalue weighted by Gasteiger charge is -2.15. The number of carbonyl (C=O) groups excluding carboxylic acids is 1. The van der Waals surface area contributed by atoms with Gasteiger partial charge in [-0.05, 0) is 49.9 Å². The van der Waals surface area contributed by atoms with E-state index in [-0.39, 0.29) is 5.91 Å². The van der Waals surface area contributed by atoms with Gasteiger partial charge < -0.3 is 4.74 Å². The summed E-state index contributed by atoms with van der Waals surface area (Å²) >= 11 is 3.53. The van der Waals surface area contributed by atoms with Gasteiger partial charge in [0.25, 0.3) is 5.91 Å². The van der Waals surface area contributed by atoms with Gasteiger partial charge in [0.2, 0.25) is 0 Å². The van der Waals surface area contributed by atoms with Gasteiger partial charge in [-0.25, -0.2) is 5.01 Å². The van der Waals surface area contributed by atoms with Crippen molar-refractivity contribution in [3.8, 4) is 5.75 Å². The van der Waals surface area contributed by atoms with Crippen LogP contribution in [-0.4, -0.2) is 40.4 Å². The van der Waals surface area contributed by atoms with Crippen LogP contribution in [0.2, 0.25) is 0 Å². The van der Waals surface area contributed by atoms with Gasteiger partial charge in [-0.15, -0.1) is 0 Å². The predicted octanol–water partition coefficient (Wildman–Crippen LogP) is 3.78. The zero-order valence-electron chi connectivity index (χ0n) is 16.2. The Bertz CT molecular complexity index is 797. The Morgan fingerprint density at radius 3 is 2.74 bits per heavy atom. The van der Waals surface area contributed by atoms with Crippen LogP contribution in [0, 0.1) is 12.8 Å². The standard InChI is InChI=1S/C20H27BrN4O2/c1-14(2)13-27-19-7-6-17(21)11-16(19)12-25-15(3)10-18(22-25)20(26)23-24-8-4-5-9-24/h6-7,10-11,14H,4-5,8-9,12-13H2,1-3H3,(H,23,26). The van der Waals surface area contributed by atoms with Crippen molar-refractivity contribution in [2.45, 2.75) is 40.2 Å². The maximum absolute atomic E-state index is 12.5. The third-order valence-corrected chi connectivity index (χ3v) is 4.99. The van der Waals surface area contributed by atoms with Gasteiger partial charge in [0.05, 0.1) is 13.2 Å². The molecule has 1 aliphatic heterocycles. The third-order valence-electron chi connectivity index (χ3n) is 4.49. The maximum Gasteiger partial charge on any atom is 0.286 e. The molecule has 1 saturated heterocycles. The lowest BCUT2D eigenvalue weighted by Crippen LogP contribution is -2.40. The lowest BCUT2D eigenvalue weighted by molar-refractivity contribution is 0.0819. The lowest BCUT2D eigenvalue weighted by atomic mass is 10.2. The average Bonchev–Trinajstić information content (AvgIpc) is 3.24. The third kappa shape index (κ3) is 5.32. The molecule has 3 rings (SSSR count).